The number of nitrogens with two attached hydrogens (primary N) is 1. The van der Waals surface area contributed by atoms with Gasteiger partial charge in [-0.3, -0.25) is 0 Å². The van der Waals surface area contributed by atoms with E-state index in [1.54, 1.807) is 0 Å². The second-order valence-corrected chi connectivity index (χ2v) is 18.2. The second-order valence-electron chi connectivity index (χ2n) is 18.2. The molecule has 5 heteroatoms. The molecule has 56 heavy (non-hydrogen) atoms. The molecule has 0 radical (unpaired) electrons. The summed E-state index contributed by atoms with van der Waals surface area (Å²) in [6.45, 7) is 10.2. The first-order valence-electron chi connectivity index (χ1n) is 25.9. The Labute approximate surface area is 353 Å². The maximum Gasteiger partial charge on any atom is 0.165 e. The maximum absolute atomic E-state index is 12.1. The van der Waals surface area contributed by atoms with Crippen LogP contribution < -0.4 is 11.1 Å². The zero-order chi connectivity index (χ0) is 40.9. The number of ether oxygens (including phenoxy) is 2. The Bertz CT molecular complexity index is 685. The maximum atomic E-state index is 12.1. The van der Waals surface area contributed by atoms with E-state index in [1.807, 2.05) is 7.05 Å². The van der Waals surface area contributed by atoms with Crippen molar-refractivity contribution in [2.24, 2.45) is 11.7 Å². The average molecular weight is 795 g/mol. The van der Waals surface area contributed by atoms with Gasteiger partial charge in [0.1, 0.15) is 0 Å². The highest BCUT2D eigenvalue weighted by atomic mass is 16.6. The SMILES string of the molecule is CCCCCCCCCCCCCCCCCCC(O)(CCCCCCCCCCCCCCCCCC)OC(CCOCCCCCCN)C(C)CCNC. The van der Waals surface area contributed by atoms with Crippen LogP contribution in [-0.4, -0.2) is 50.3 Å². The summed E-state index contributed by atoms with van der Waals surface area (Å²) in [7, 11) is 2.03. The zero-order valence-electron chi connectivity index (χ0n) is 39.1. The molecule has 0 aromatic carbocycles. The number of hydrogen-bond donors (Lipinski definition) is 3. The Balaban J connectivity index is 4.63. The Morgan fingerprint density at radius 1 is 0.464 bits per heavy atom. The highest BCUT2D eigenvalue weighted by Gasteiger charge is 2.32. The van der Waals surface area contributed by atoms with Crippen LogP contribution in [0.4, 0.5) is 0 Å². The van der Waals surface area contributed by atoms with Gasteiger partial charge in [-0.1, -0.05) is 226 Å². The molecule has 4 N–H and O–H groups in total. The fourth-order valence-electron chi connectivity index (χ4n) is 8.44. The molecular weight excluding hydrogens is 689 g/mol. The third kappa shape index (κ3) is 40.6. The Hall–Kier alpha value is -0.200. The van der Waals surface area contributed by atoms with Crippen molar-refractivity contribution in [1.29, 1.82) is 0 Å². The molecule has 0 aliphatic carbocycles. The van der Waals surface area contributed by atoms with E-state index in [-0.39, 0.29) is 6.10 Å². The minimum Gasteiger partial charge on any atom is -0.381 e. The smallest absolute Gasteiger partial charge is 0.165 e. The fraction of sp³-hybridized carbons (Fsp3) is 1.00. The van der Waals surface area contributed by atoms with Crippen molar-refractivity contribution in [3.63, 3.8) is 0 Å². The predicted molar refractivity (Wildman–Crippen MR) is 249 cm³/mol. The summed E-state index contributed by atoms with van der Waals surface area (Å²) in [6.07, 6.45) is 51.8. The molecule has 0 saturated heterocycles. The van der Waals surface area contributed by atoms with Crippen molar-refractivity contribution in [3.05, 3.63) is 0 Å². The lowest BCUT2D eigenvalue weighted by Gasteiger charge is -2.36. The van der Waals surface area contributed by atoms with Gasteiger partial charge in [-0.25, -0.2) is 0 Å². The van der Waals surface area contributed by atoms with Crippen LogP contribution in [0.1, 0.15) is 278 Å². The predicted octanol–water partition coefficient (Wildman–Crippen LogP) is 15.5. The molecule has 0 spiro atoms. The molecule has 0 aromatic rings. The van der Waals surface area contributed by atoms with E-state index in [2.05, 4.69) is 26.1 Å². The molecule has 0 aromatic heterocycles. The monoisotopic (exact) mass is 795 g/mol. The molecule has 5 nitrogen and oxygen atoms in total. The number of nitrogens with one attached hydrogen (secondary N) is 1. The van der Waals surface area contributed by atoms with Gasteiger partial charge in [0.15, 0.2) is 5.79 Å². The van der Waals surface area contributed by atoms with Crippen LogP contribution >= 0.6 is 0 Å². The summed E-state index contributed by atoms with van der Waals surface area (Å²) in [5.41, 5.74) is 5.66. The summed E-state index contributed by atoms with van der Waals surface area (Å²) < 4.78 is 12.9. The van der Waals surface area contributed by atoms with E-state index in [0.29, 0.717) is 12.5 Å². The van der Waals surface area contributed by atoms with Crippen molar-refractivity contribution >= 4 is 0 Å². The van der Waals surface area contributed by atoms with Crippen LogP contribution in [0.25, 0.3) is 0 Å². The van der Waals surface area contributed by atoms with E-state index in [9.17, 15) is 5.11 Å². The largest absolute Gasteiger partial charge is 0.381 e. The van der Waals surface area contributed by atoms with Crippen LogP contribution in [0, 0.1) is 5.92 Å². The van der Waals surface area contributed by atoms with Gasteiger partial charge in [-0.05, 0) is 64.6 Å². The third-order valence-electron chi connectivity index (χ3n) is 12.5. The van der Waals surface area contributed by atoms with Gasteiger partial charge in [0, 0.05) is 26.1 Å². The molecule has 0 aliphatic heterocycles. The van der Waals surface area contributed by atoms with E-state index >= 15 is 0 Å². The molecule has 2 unspecified atom stereocenters. The third-order valence-corrected chi connectivity index (χ3v) is 12.5. The van der Waals surface area contributed by atoms with Crippen LogP contribution in [0.2, 0.25) is 0 Å². The highest BCUT2D eigenvalue weighted by molar-refractivity contribution is 4.76. The Morgan fingerprint density at radius 3 is 1.16 bits per heavy atom. The van der Waals surface area contributed by atoms with Crippen molar-refractivity contribution in [1.82, 2.24) is 5.32 Å². The van der Waals surface area contributed by atoms with Gasteiger partial charge in [-0.2, -0.15) is 0 Å². The summed E-state index contributed by atoms with van der Waals surface area (Å²) >= 11 is 0. The van der Waals surface area contributed by atoms with Crippen molar-refractivity contribution in [3.8, 4) is 0 Å². The molecule has 0 saturated carbocycles. The summed E-state index contributed by atoms with van der Waals surface area (Å²) in [5.74, 6) is -0.647. The molecule has 0 aliphatic rings. The van der Waals surface area contributed by atoms with Crippen molar-refractivity contribution in [2.45, 2.75) is 289 Å². The second kappa shape index (κ2) is 45.9. The Morgan fingerprint density at radius 2 is 0.804 bits per heavy atom. The van der Waals surface area contributed by atoms with Crippen molar-refractivity contribution in [2.75, 3.05) is 33.4 Å². The van der Waals surface area contributed by atoms with E-state index in [1.165, 1.54) is 205 Å². The number of rotatable bonds is 49. The number of hydrogen-bond acceptors (Lipinski definition) is 5. The van der Waals surface area contributed by atoms with Gasteiger partial charge in [0.05, 0.1) is 6.10 Å². The fourth-order valence-corrected chi connectivity index (χ4v) is 8.44. The van der Waals surface area contributed by atoms with Crippen LogP contribution in [0.15, 0.2) is 0 Å². The minimum absolute atomic E-state index is 0.0210. The molecule has 0 amide bonds. The van der Waals surface area contributed by atoms with Crippen LogP contribution in [0.5, 0.6) is 0 Å². The lowest BCUT2D eigenvalue weighted by atomic mass is 9.95. The molecule has 0 heterocycles. The first-order chi connectivity index (χ1) is 27.5. The normalized spacial score (nSPS) is 13.2. The van der Waals surface area contributed by atoms with E-state index < -0.39 is 5.79 Å². The summed E-state index contributed by atoms with van der Waals surface area (Å²) in [4.78, 5) is 0. The Kier molecular flexibility index (Phi) is 45.7. The van der Waals surface area contributed by atoms with Gasteiger partial charge in [-0.15, -0.1) is 0 Å². The van der Waals surface area contributed by atoms with Gasteiger partial charge >= 0.3 is 0 Å². The lowest BCUT2D eigenvalue weighted by molar-refractivity contribution is -0.250. The van der Waals surface area contributed by atoms with Gasteiger partial charge in [0.25, 0.3) is 0 Å². The summed E-state index contributed by atoms with van der Waals surface area (Å²) in [6, 6.07) is 0. The molecule has 0 fully saturated rings. The van der Waals surface area contributed by atoms with E-state index in [0.717, 1.165) is 71.1 Å². The van der Waals surface area contributed by atoms with Crippen LogP contribution in [0.3, 0.4) is 0 Å². The minimum atomic E-state index is -1.02. The van der Waals surface area contributed by atoms with Crippen molar-refractivity contribution < 1.29 is 14.6 Å². The zero-order valence-corrected chi connectivity index (χ0v) is 39.1. The molecule has 338 valence electrons. The standard InChI is InChI=1S/C51H106N2O3/c1-5-7-9-11-13-15-17-19-21-23-25-27-29-31-33-37-43-51(54,44-38-34-32-30-28-26-24-22-20-18-16-14-12-10-8-6-2)56-50(49(3)41-46-53-4)42-48-55-47-40-36-35-39-45-52/h49-50,53-54H,5-48,52H2,1-4H3. The molecular formula is C51H106N2O3. The molecule has 2 atom stereocenters. The summed E-state index contributed by atoms with van der Waals surface area (Å²) in [5, 5.41) is 15.5. The lowest BCUT2D eigenvalue weighted by Crippen LogP contribution is -2.40. The van der Waals surface area contributed by atoms with E-state index in [4.69, 9.17) is 15.2 Å². The topological polar surface area (TPSA) is 76.7 Å². The quantitative estimate of drug-likeness (QED) is 0.0422. The first-order valence-corrected chi connectivity index (χ1v) is 25.9. The van der Waals surface area contributed by atoms with Gasteiger partial charge in [0.2, 0.25) is 0 Å². The number of unbranched alkanes of at least 4 members (excludes halogenated alkanes) is 33. The average Bonchev–Trinajstić information content (AvgIpc) is 3.20. The molecule has 0 rings (SSSR count). The van der Waals surface area contributed by atoms with Gasteiger partial charge < -0.3 is 25.6 Å². The molecule has 0 bridgehead atoms. The highest BCUT2D eigenvalue weighted by Crippen LogP contribution is 2.30. The number of aliphatic hydroxyl groups is 1. The first kappa shape index (κ1) is 55.8. The van der Waals surface area contributed by atoms with Crippen LogP contribution in [-0.2, 0) is 9.47 Å².